The van der Waals surface area contributed by atoms with Gasteiger partial charge in [-0.3, -0.25) is 4.68 Å². The van der Waals surface area contributed by atoms with Crippen LogP contribution < -0.4 is 5.32 Å². The van der Waals surface area contributed by atoms with Gasteiger partial charge in [0.25, 0.3) is 0 Å². The Labute approximate surface area is 145 Å². The van der Waals surface area contributed by atoms with E-state index in [-0.39, 0.29) is 12.1 Å². The van der Waals surface area contributed by atoms with Crippen LogP contribution >= 0.6 is 34.8 Å². The average molecular weight is 359 g/mol. The maximum Gasteiger partial charge on any atom is 0.0781 e. The summed E-state index contributed by atoms with van der Waals surface area (Å²) >= 11 is 18.5. The molecule has 0 amide bonds. The highest BCUT2D eigenvalue weighted by atomic mass is 35.5. The van der Waals surface area contributed by atoms with E-state index in [4.69, 9.17) is 34.8 Å². The molecule has 0 radical (unpaired) electrons. The highest BCUT2D eigenvalue weighted by molar-refractivity contribution is 6.48. The monoisotopic (exact) mass is 357 g/mol. The molecule has 1 N–H and O–H groups in total. The van der Waals surface area contributed by atoms with Gasteiger partial charge in [-0.25, -0.2) is 0 Å². The van der Waals surface area contributed by atoms with Gasteiger partial charge < -0.3 is 5.32 Å². The largest absolute Gasteiger partial charge is 0.303 e. The molecule has 0 bridgehead atoms. The second kappa shape index (κ2) is 6.40. The summed E-state index contributed by atoms with van der Waals surface area (Å²) in [5.41, 5.74) is 3.57. The molecule has 22 heavy (non-hydrogen) atoms. The Balaban J connectivity index is 1.84. The van der Waals surface area contributed by atoms with E-state index in [0.717, 1.165) is 24.8 Å². The maximum atomic E-state index is 6.34. The second-order valence-electron chi connectivity index (χ2n) is 5.77. The smallest absolute Gasteiger partial charge is 0.0781 e. The minimum atomic E-state index is 0.0819. The van der Waals surface area contributed by atoms with Crippen molar-refractivity contribution in [3.05, 3.63) is 50.2 Å². The van der Waals surface area contributed by atoms with E-state index in [1.165, 1.54) is 11.3 Å². The fraction of sp³-hybridized carbons (Fsp3) is 0.438. The summed E-state index contributed by atoms with van der Waals surface area (Å²) in [5, 5.41) is 9.46. The lowest BCUT2D eigenvalue weighted by Crippen LogP contribution is -2.28. The Hall–Kier alpha value is -0.740. The van der Waals surface area contributed by atoms with Gasteiger partial charge in [0.15, 0.2) is 0 Å². The first kappa shape index (κ1) is 16.1. The third kappa shape index (κ3) is 2.88. The molecule has 0 saturated carbocycles. The number of halogens is 3. The van der Waals surface area contributed by atoms with Gasteiger partial charge in [-0.2, -0.15) is 5.10 Å². The number of fused-ring (bicyclic) bond motifs is 1. The van der Waals surface area contributed by atoms with Gasteiger partial charge in [-0.15, -0.1) is 0 Å². The van der Waals surface area contributed by atoms with Crippen molar-refractivity contribution in [2.75, 3.05) is 0 Å². The zero-order valence-corrected chi connectivity index (χ0v) is 14.8. The van der Waals surface area contributed by atoms with Crippen LogP contribution in [0.4, 0.5) is 0 Å². The predicted octanol–water partition coefficient (Wildman–Crippen LogP) is 5.11. The Morgan fingerprint density at radius 1 is 1.27 bits per heavy atom. The third-order valence-corrected chi connectivity index (χ3v) is 5.67. The van der Waals surface area contributed by atoms with Crippen molar-refractivity contribution in [3.63, 3.8) is 0 Å². The first-order valence-corrected chi connectivity index (χ1v) is 8.52. The number of hydrogen-bond acceptors (Lipinski definition) is 2. The first-order chi connectivity index (χ1) is 10.5. The van der Waals surface area contributed by atoms with E-state index in [0.29, 0.717) is 15.1 Å². The van der Waals surface area contributed by atoms with Crippen molar-refractivity contribution in [2.45, 2.75) is 38.3 Å². The zero-order chi connectivity index (χ0) is 15.9. The van der Waals surface area contributed by atoms with Crippen LogP contribution in [0.15, 0.2) is 18.3 Å². The van der Waals surface area contributed by atoms with Crippen LogP contribution in [0.3, 0.4) is 0 Å². The zero-order valence-electron chi connectivity index (χ0n) is 12.5. The Bertz CT molecular complexity index is 696. The van der Waals surface area contributed by atoms with E-state index in [1.807, 2.05) is 24.0 Å². The van der Waals surface area contributed by atoms with Crippen LogP contribution in [0, 0.1) is 0 Å². The summed E-state index contributed by atoms with van der Waals surface area (Å²) in [4.78, 5) is 0. The fourth-order valence-corrected chi connectivity index (χ4v) is 3.85. The van der Waals surface area contributed by atoms with E-state index in [9.17, 15) is 0 Å². The number of benzene rings is 1. The highest BCUT2D eigenvalue weighted by Gasteiger charge is 2.25. The van der Waals surface area contributed by atoms with E-state index in [1.54, 1.807) is 6.07 Å². The molecule has 118 valence electrons. The molecule has 2 atom stereocenters. The topological polar surface area (TPSA) is 29.9 Å². The van der Waals surface area contributed by atoms with Crippen molar-refractivity contribution in [3.8, 4) is 0 Å². The van der Waals surface area contributed by atoms with Crippen molar-refractivity contribution in [2.24, 2.45) is 7.05 Å². The second-order valence-corrected chi connectivity index (χ2v) is 6.93. The average Bonchev–Trinajstić information content (AvgIpc) is 2.88. The Morgan fingerprint density at radius 3 is 2.82 bits per heavy atom. The van der Waals surface area contributed by atoms with Crippen molar-refractivity contribution < 1.29 is 0 Å². The molecule has 3 rings (SSSR count). The van der Waals surface area contributed by atoms with Gasteiger partial charge in [0, 0.05) is 30.4 Å². The summed E-state index contributed by atoms with van der Waals surface area (Å²) in [6.45, 7) is 2.09. The van der Waals surface area contributed by atoms with Crippen LogP contribution in [0.1, 0.15) is 48.7 Å². The third-order valence-electron chi connectivity index (χ3n) is 4.36. The van der Waals surface area contributed by atoms with Gasteiger partial charge in [-0.05, 0) is 37.8 Å². The van der Waals surface area contributed by atoms with Crippen molar-refractivity contribution >= 4 is 34.8 Å². The molecule has 0 spiro atoms. The van der Waals surface area contributed by atoms with E-state index >= 15 is 0 Å². The van der Waals surface area contributed by atoms with Gasteiger partial charge >= 0.3 is 0 Å². The quantitative estimate of drug-likeness (QED) is 0.773. The molecule has 0 fully saturated rings. The Kier molecular flexibility index (Phi) is 4.69. The molecule has 1 aromatic carbocycles. The molecule has 2 unspecified atom stereocenters. The number of hydrogen-bond donors (Lipinski definition) is 1. The fourth-order valence-electron chi connectivity index (χ4n) is 3.15. The standard InChI is InChI=1S/C16H18Cl3N3/c1-9(10-6-7-12(17)16(19)15(10)18)21-13-4-3-5-14-11(13)8-20-22(14)2/h6-9,13,21H,3-5H2,1-2H3. The van der Waals surface area contributed by atoms with Gasteiger partial charge in [0.05, 0.1) is 21.3 Å². The molecule has 1 aliphatic rings. The highest BCUT2D eigenvalue weighted by Crippen LogP contribution is 2.37. The lowest BCUT2D eigenvalue weighted by Gasteiger charge is -2.28. The summed E-state index contributed by atoms with van der Waals surface area (Å²) < 4.78 is 1.97. The molecule has 1 aliphatic carbocycles. The number of nitrogens with zero attached hydrogens (tertiary/aromatic N) is 2. The van der Waals surface area contributed by atoms with Crippen molar-refractivity contribution in [1.29, 1.82) is 0 Å². The SMILES string of the molecule is CC(NC1CCCc2c1cnn2C)c1ccc(Cl)c(Cl)c1Cl. The normalized spacial score (nSPS) is 19.0. The lowest BCUT2D eigenvalue weighted by molar-refractivity contribution is 0.411. The van der Waals surface area contributed by atoms with Gasteiger partial charge in [-0.1, -0.05) is 40.9 Å². The van der Waals surface area contributed by atoms with Crippen molar-refractivity contribution in [1.82, 2.24) is 15.1 Å². The molecule has 1 heterocycles. The van der Waals surface area contributed by atoms with Crippen LogP contribution in [-0.2, 0) is 13.5 Å². The number of aryl methyl sites for hydroxylation is 1. The summed E-state index contributed by atoms with van der Waals surface area (Å²) in [5.74, 6) is 0. The van der Waals surface area contributed by atoms with Crippen LogP contribution in [0.25, 0.3) is 0 Å². The van der Waals surface area contributed by atoms with Crippen LogP contribution in [0.2, 0.25) is 15.1 Å². The van der Waals surface area contributed by atoms with Gasteiger partial charge in [0.1, 0.15) is 0 Å². The van der Waals surface area contributed by atoms with Crippen LogP contribution in [-0.4, -0.2) is 9.78 Å². The van der Waals surface area contributed by atoms with E-state index in [2.05, 4.69) is 17.3 Å². The summed E-state index contributed by atoms with van der Waals surface area (Å²) in [6, 6.07) is 4.09. The molecule has 0 saturated heterocycles. The number of nitrogens with one attached hydrogen (secondary N) is 1. The van der Waals surface area contributed by atoms with E-state index < -0.39 is 0 Å². The van der Waals surface area contributed by atoms with Gasteiger partial charge in [0.2, 0.25) is 0 Å². The predicted molar refractivity (Wildman–Crippen MR) is 91.9 cm³/mol. The van der Waals surface area contributed by atoms with Crippen LogP contribution in [0.5, 0.6) is 0 Å². The number of aromatic nitrogens is 2. The number of rotatable bonds is 3. The molecule has 3 nitrogen and oxygen atoms in total. The molecule has 1 aromatic heterocycles. The first-order valence-electron chi connectivity index (χ1n) is 7.39. The minimum Gasteiger partial charge on any atom is -0.303 e. The maximum absolute atomic E-state index is 6.34. The minimum absolute atomic E-state index is 0.0819. The molecular weight excluding hydrogens is 341 g/mol. The molecule has 2 aromatic rings. The summed E-state index contributed by atoms with van der Waals surface area (Å²) in [6.07, 6.45) is 5.31. The lowest BCUT2D eigenvalue weighted by atomic mass is 9.92. The molecular formula is C16H18Cl3N3. The molecule has 0 aliphatic heterocycles. The summed E-state index contributed by atoms with van der Waals surface area (Å²) in [7, 11) is 2.00. The Morgan fingerprint density at radius 2 is 2.05 bits per heavy atom. The molecule has 6 heteroatoms.